The van der Waals surface area contributed by atoms with E-state index < -0.39 is 5.97 Å². The summed E-state index contributed by atoms with van der Waals surface area (Å²) < 4.78 is 11.8. The van der Waals surface area contributed by atoms with Gasteiger partial charge in [-0.05, 0) is 59.9 Å². The summed E-state index contributed by atoms with van der Waals surface area (Å²) in [6.07, 6.45) is 1.65. The Bertz CT molecular complexity index is 861. The van der Waals surface area contributed by atoms with Crippen LogP contribution in [0.15, 0.2) is 53.2 Å². The van der Waals surface area contributed by atoms with Crippen LogP contribution in [0.1, 0.15) is 18.1 Å². The maximum atomic E-state index is 12.1. The molecular weight excluding hydrogens is 441 g/mol. The van der Waals surface area contributed by atoms with Gasteiger partial charge in [-0.15, -0.1) is 0 Å². The fraction of sp³-hybridized carbons (Fsp3) is 0.111. The first-order chi connectivity index (χ1) is 11.6. The second-order valence-corrected chi connectivity index (χ2v) is 6.58. The van der Waals surface area contributed by atoms with Crippen molar-refractivity contribution in [3.8, 4) is 5.75 Å². The highest BCUT2D eigenvalue weighted by atomic mass is 127. The Labute approximate surface area is 158 Å². The van der Waals surface area contributed by atoms with Gasteiger partial charge in [0.2, 0.25) is 5.90 Å². The van der Waals surface area contributed by atoms with E-state index in [0.717, 1.165) is 9.13 Å². The first-order valence-corrected chi connectivity index (χ1v) is 8.74. The van der Waals surface area contributed by atoms with Crippen LogP contribution in [0.25, 0.3) is 6.08 Å². The molecule has 0 aromatic heterocycles. The molecule has 2 aromatic carbocycles. The van der Waals surface area contributed by atoms with Gasteiger partial charge in [0.05, 0.1) is 17.2 Å². The number of aliphatic imine (C=N–C) groups is 1. The lowest BCUT2D eigenvalue weighted by Gasteiger charge is -2.06. The average molecular weight is 454 g/mol. The third-order valence-corrected chi connectivity index (χ3v) is 4.29. The number of halogens is 2. The SMILES string of the molecule is CCOc1ccccc1/C=C1\N=C(c2cc(I)ccc2Cl)OC1=O. The van der Waals surface area contributed by atoms with Crippen molar-refractivity contribution in [3.63, 3.8) is 0 Å². The molecule has 6 heteroatoms. The van der Waals surface area contributed by atoms with Crippen LogP contribution in [0.4, 0.5) is 0 Å². The molecule has 0 saturated carbocycles. The van der Waals surface area contributed by atoms with E-state index in [-0.39, 0.29) is 11.6 Å². The Morgan fingerprint density at radius 3 is 2.88 bits per heavy atom. The van der Waals surface area contributed by atoms with Crippen LogP contribution in [-0.4, -0.2) is 18.5 Å². The van der Waals surface area contributed by atoms with E-state index in [1.54, 1.807) is 12.1 Å². The molecule has 0 saturated heterocycles. The van der Waals surface area contributed by atoms with Gasteiger partial charge in [0, 0.05) is 9.13 Å². The van der Waals surface area contributed by atoms with Crippen molar-refractivity contribution in [2.45, 2.75) is 6.92 Å². The first-order valence-electron chi connectivity index (χ1n) is 7.28. The largest absolute Gasteiger partial charge is 0.493 e. The third kappa shape index (κ3) is 3.62. The standard InChI is InChI=1S/C18H13ClINO3/c1-2-23-16-6-4-3-5-11(16)9-15-18(22)24-17(21-15)13-10-12(20)7-8-14(13)19/h3-10H,2H2,1H3/b15-9-. The van der Waals surface area contributed by atoms with Gasteiger partial charge >= 0.3 is 5.97 Å². The molecule has 4 nitrogen and oxygen atoms in total. The summed E-state index contributed by atoms with van der Waals surface area (Å²) in [5, 5.41) is 0.484. The fourth-order valence-corrected chi connectivity index (χ4v) is 2.91. The van der Waals surface area contributed by atoms with E-state index in [4.69, 9.17) is 21.1 Å². The van der Waals surface area contributed by atoms with E-state index in [0.29, 0.717) is 22.9 Å². The van der Waals surface area contributed by atoms with Gasteiger partial charge in [0.15, 0.2) is 5.70 Å². The predicted octanol–water partition coefficient (Wildman–Crippen LogP) is 4.69. The lowest BCUT2D eigenvalue weighted by molar-refractivity contribution is -0.129. The van der Waals surface area contributed by atoms with Gasteiger partial charge < -0.3 is 9.47 Å². The zero-order valence-corrected chi connectivity index (χ0v) is 15.7. The normalized spacial score (nSPS) is 15.4. The zero-order chi connectivity index (χ0) is 17.1. The van der Waals surface area contributed by atoms with Crippen LogP contribution in [0.2, 0.25) is 5.02 Å². The lowest BCUT2D eigenvalue weighted by atomic mass is 10.1. The molecule has 0 radical (unpaired) electrons. The van der Waals surface area contributed by atoms with Gasteiger partial charge in [0.1, 0.15) is 5.75 Å². The number of carbonyl (C=O) groups is 1. The van der Waals surface area contributed by atoms with Crippen LogP contribution < -0.4 is 4.74 Å². The van der Waals surface area contributed by atoms with Crippen molar-refractivity contribution < 1.29 is 14.3 Å². The maximum absolute atomic E-state index is 12.1. The predicted molar refractivity (Wildman–Crippen MR) is 102 cm³/mol. The highest BCUT2D eigenvalue weighted by Crippen LogP contribution is 2.27. The minimum Gasteiger partial charge on any atom is -0.493 e. The molecule has 0 fully saturated rings. The van der Waals surface area contributed by atoms with Gasteiger partial charge in [-0.1, -0.05) is 29.8 Å². The molecule has 1 heterocycles. The molecule has 0 spiro atoms. The van der Waals surface area contributed by atoms with E-state index >= 15 is 0 Å². The number of rotatable bonds is 4. The highest BCUT2D eigenvalue weighted by molar-refractivity contribution is 14.1. The topological polar surface area (TPSA) is 47.9 Å². The fourth-order valence-electron chi connectivity index (χ4n) is 2.22. The van der Waals surface area contributed by atoms with Crippen molar-refractivity contribution >= 4 is 52.1 Å². The van der Waals surface area contributed by atoms with Crippen molar-refractivity contribution in [1.29, 1.82) is 0 Å². The molecule has 1 aliphatic heterocycles. The summed E-state index contributed by atoms with van der Waals surface area (Å²) >= 11 is 8.35. The Hall–Kier alpha value is -1.86. The van der Waals surface area contributed by atoms with Crippen molar-refractivity contribution in [2.24, 2.45) is 4.99 Å². The first kappa shape index (κ1) is 17.0. The monoisotopic (exact) mass is 453 g/mol. The number of ether oxygens (including phenoxy) is 2. The number of benzene rings is 2. The Morgan fingerprint density at radius 2 is 2.08 bits per heavy atom. The average Bonchev–Trinajstić information content (AvgIpc) is 2.92. The van der Waals surface area contributed by atoms with Crippen LogP contribution in [0.5, 0.6) is 5.75 Å². The molecule has 3 rings (SSSR count). The minimum atomic E-state index is -0.508. The van der Waals surface area contributed by atoms with Gasteiger partial charge in [-0.2, -0.15) is 0 Å². The Morgan fingerprint density at radius 1 is 1.29 bits per heavy atom. The zero-order valence-electron chi connectivity index (χ0n) is 12.8. The third-order valence-electron chi connectivity index (χ3n) is 3.29. The van der Waals surface area contributed by atoms with Crippen LogP contribution in [0, 0.1) is 3.57 Å². The molecule has 0 bridgehead atoms. The summed E-state index contributed by atoms with van der Waals surface area (Å²) in [4.78, 5) is 16.4. The number of para-hydroxylation sites is 1. The summed E-state index contributed by atoms with van der Waals surface area (Å²) in [5.74, 6) is 0.395. The molecule has 0 aliphatic carbocycles. The molecular formula is C18H13ClINO3. The van der Waals surface area contributed by atoms with E-state index in [1.807, 2.05) is 43.3 Å². The van der Waals surface area contributed by atoms with Crippen molar-refractivity contribution in [3.05, 3.63) is 67.9 Å². The second-order valence-electron chi connectivity index (χ2n) is 4.93. The molecule has 24 heavy (non-hydrogen) atoms. The Balaban J connectivity index is 1.99. The van der Waals surface area contributed by atoms with Crippen LogP contribution in [-0.2, 0) is 9.53 Å². The van der Waals surface area contributed by atoms with E-state index in [9.17, 15) is 4.79 Å². The van der Waals surface area contributed by atoms with E-state index in [1.165, 1.54) is 0 Å². The van der Waals surface area contributed by atoms with E-state index in [2.05, 4.69) is 27.6 Å². The maximum Gasteiger partial charge on any atom is 0.363 e. The van der Waals surface area contributed by atoms with Gasteiger partial charge in [0.25, 0.3) is 0 Å². The van der Waals surface area contributed by atoms with Crippen LogP contribution in [0.3, 0.4) is 0 Å². The number of hydrogen-bond acceptors (Lipinski definition) is 4. The number of nitrogens with zero attached hydrogens (tertiary/aromatic N) is 1. The number of cyclic esters (lactones) is 1. The number of carbonyl (C=O) groups excluding carboxylic acids is 1. The number of esters is 1. The molecule has 122 valence electrons. The van der Waals surface area contributed by atoms with Crippen LogP contribution >= 0.6 is 34.2 Å². The van der Waals surface area contributed by atoms with Crippen molar-refractivity contribution in [2.75, 3.05) is 6.61 Å². The summed E-state index contributed by atoms with van der Waals surface area (Å²) in [7, 11) is 0. The smallest absolute Gasteiger partial charge is 0.363 e. The van der Waals surface area contributed by atoms with Crippen molar-refractivity contribution in [1.82, 2.24) is 0 Å². The molecule has 1 aliphatic rings. The van der Waals surface area contributed by atoms with Gasteiger partial charge in [-0.25, -0.2) is 9.79 Å². The molecule has 2 aromatic rings. The second kappa shape index (κ2) is 7.36. The minimum absolute atomic E-state index is 0.212. The quantitative estimate of drug-likeness (QED) is 0.383. The lowest BCUT2D eigenvalue weighted by Crippen LogP contribution is -2.06. The summed E-state index contributed by atoms with van der Waals surface area (Å²) in [5.41, 5.74) is 1.58. The van der Waals surface area contributed by atoms with Gasteiger partial charge in [-0.3, -0.25) is 0 Å². The molecule has 0 N–H and O–H groups in total. The molecule has 0 unspecified atom stereocenters. The summed E-state index contributed by atoms with van der Waals surface area (Å²) in [6, 6.07) is 12.9. The highest BCUT2D eigenvalue weighted by Gasteiger charge is 2.26. The molecule has 0 atom stereocenters. The Kier molecular flexibility index (Phi) is 5.20. The number of hydrogen-bond donors (Lipinski definition) is 0. The summed E-state index contributed by atoms with van der Waals surface area (Å²) in [6.45, 7) is 2.44. The molecule has 0 amide bonds.